The average molecular weight is 384 g/mol. The number of fused-ring (bicyclic) bond motifs is 1. The molecule has 0 fully saturated rings. The first-order chi connectivity index (χ1) is 13.5. The summed E-state index contributed by atoms with van der Waals surface area (Å²) in [5.41, 5.74) is 0.899. The molecule has 3 aromatic rings. The zero-order valence-corrected chi connectivity index (χ0v) is 15.8. The number of hydrogen-bond donors (Lipinski definition) is 1. The van der Waals surface area contributed by atoms with Gasteiger partial charge in [0.2, 0.25) is 5.89 Å². The van der Waals surface area contributed by atoms with Crippen LogP contribution in [0.3, 0.4) is 0 Å². The third kappa shape index (κ3) is 3.55. The molecule has 0 bridgehead atoms. The molecule has 9 heteroatoms. The first kappa shape index (κ1) is 18.0. The van der Waals surface area contributed by atoms with E-state index in [1.165, 1.54) is 0 Å². The maximum atomic E-state index is 12.6. The lowest BCUT2D eigenvalue weighted by atomic mass is 10.0. The number of aryl methyl sites for hydroxylation is 1. The molecular formula is C19H20N4O5. The topological polar surface area (TPSA) is 113 Å². The van der Waals surface area contributed by atoms with E-state index in [1.807, 2.05) is 19.9 Å². The molecule has 28 heavy (non-hydrogen) atoms. The Balaban J connectivity index is 1.52. The van der Waals surface area contributed by atoms with Crippen LogP contribution in [0.25, 0.3) is 11.3 Å². The van der Waals surface area contributed by atoms with Gasteiger partial charge in [-0.15, -0.1) is 0 Å². The number of carbonyl (C=O) groups is 1. The number of rotatable bonds is 5. The molecule has 0 aliphatic carbocycles. The van der Waals surface area contributed by atoms with Crippen molar-refractivity contribution in [3.05, 3.63) is 41.7 Å². The summed E-state index contributed by atoms with van der Waals surface area (Å²) in [4.78, 5) is 16.9. The smallest absolute Gasteiger partial charge is 0.274 e. The predicted octanol–water partition coefficient (Wildman–Crippen LogP) is 2.93. The summed E-state index contributed by atoms with van der Waals surface area (Å²) in [6, 6.07) is 6.58. The molecule has 9 nitrogen and oxygen atoms in total. The Bertz CT molecular complexity index is 994. The lowest BCUT2D eigenvalue weighted by Gasteiger charge is -2.18. The molecule has 3 heterocycles. The van der Waals surface area contributed by atoms with E-state index in [2.05, 4.69) is 20.6 Å². The monoisotopic (exact) mass is 384 g/mol. The minimum absolute atomic E-state index is 0.0490. The van der Waals surface area contributed by atoms with E-state index in [-0.39, 0.29) is 17.5 Å². The fourth-order valence-electron chi connectivity index (χ4n) is 2.88. The molecule has 1 aromatic carbocycles. The van der Waals surface area contributed by atoms with Gasteiger partial charge in [-0.2, -0.15) is 4.98 Å². The van der Waals surface area contributed by atoms with Crippen LogP contribution in [-0.4, -0.2) is 34.4 Å². The number of benzene rings is 1. The second kappa shape index (κ2) is 7.34. The Hall–Kier alpha value is -3.36. The molecular weight excluding hydrogens is 364 g/mol. The van der Waals surface area contributed by atoms with Gasteiger partial charge >= 0.3 is 0 Å². The summed E-state index contributed by atoms with van der Waals surface area (Å²) < 4.78 is 21.7. The van der Waals surface area contributed by atoms with E-state index in [1.54, 1.807) is 25.1 Å². The first-order valence-corrected chi connectivity index (χ1v) is 8.99. The van der Waals surface area contributed by atoms with Crippen molar-refractivity contribution >= 4 is 5.91 Å². The quantitative estimate of drug-likeness (QED) is 0.714. The summed E-state index contributed by atoms with van der Waals surface area (Å²) in [6.45, 7) is 6.65. The Kier molecular flexibility index (Phi) is 4.72. The summed E-state index contributed by atoms with van der Waals surface area (Å²) >= 11 is 0. The predicted molar refractivity (Wildman–Crippen MR) is 97.0 cm³/mol. The summed E-state index contributed by atoms with van der Waals surface area (Å²) in [7, 11) is 0. The van der Waals surface area contributed by atoms with E-state index in [9.17, 15) is 4.79 Å². The molecule has 146 valence electrons. The molecule has 1 aliphatic heterocycles. The van der Waals surface area contributed by atoms with Gasteiger partial charge in [0.05, 0.1) is 0 Å². The van der Waals surface area contributed by atoms with Crippen molar-refractivity contribution in [2.24, 2.45) is 5.92 Å². The fraction of sp³-hybridized carbons (Fsp3) is 0.368. The van der Waals surface area contributed by atoms with Crippen LogP contribution in [0.5, 0.6) is 11.5 Å². The number of aromatic nitrogens is 3. The minimum Gasteiger partial charge on any atom is -0.486 e. The second-order valence-electron chi connectivity index (χ2n) is 6.81. The molecule has 4 rings (SSSR count). The minimum atomic E-state index is -0.428. The van der Waals surface area contributed by atoms with Gasteiger partial charge < -0.3 is 23.8 Å². The number of nitrogens with zero attached hydrogens (tertiary/aromatic N) is 3. The van der Waals surface area contributed by atoms with Gasteiger partial charge in [0.1, 0.15) is 19.3 Å². The van der Waals surface area contributed by atoms with Gasteiger partial charge in [0.15, 0.2) is 28.8 Å². The first-order valence-electron chi connectivity index (χ1n) is 8.99. The molecule has 0 spiro atoms. The molecule has 1 unspecified atom stereocenters. The average Bonchev–Trinajstić information content (AvgIpc) is 3.35. The van der Waals surface area contributed by atoms with Crippen molar-refractivity contribution in [3.63, 3.8) is 0 Å². The summed E-state index contributed by atoms with van der Waals surface area (Å²) in [5.74, 6) is 2.31. The van der Waals surface area contributed by atoms with Gasteiger partial charge in [0, 0.05) is 11.6 Å². The largest absolute Gasteiger partial charge is 0.486 e. The Morgan fingerprint density at radius 1 is 1.07 bits per heavy atom. The molecule has 1 amide bonds. The standard InChI is InChI=1S/C19H20N4O5/c1-10(2)17(19-20-11(3)22-28-19)21-18(24)13-9-15(27-23-13)12-4-5-14-16(8-12)26-7-6-25-14/h4-5,8-10,17H,6-7H2,1-3H3,(H,21,24). The number of hydrogen-bond acceptors (Lipinski definition) is 8. The fourth-order valence-corrected chi connectivity index (χ4v) is 2.88. The van der Waals surface area contributed by atoms with Gasteiger partial charge in [-0.25, -0.2) is 0 Å². The highest BCUT2D eigenvalue weighted by Gasteiger charge is 2.26. The maximum Gasteiger partial charge on any atom is 0.274 e. The Morgan fingerprint density at radius 3 is 2.57 bits per heavy atom. The van der Waals surface area contributed by atoms with Crippen LogP contribution < -0.4 is 14.8 Å². The Morgan fingerprint density at radius 2 is 1.86 bits per heavy atom. The van der Waals surface area contributed by atoms with Gasteiger partial charge in [-0.3, -0.25) is 4.79 Å². The molecule has 1 atom stereocenters. The van der Waals surface area contributed by atoms with Gasteiger partial charge in [0.25, 0.3) is 5.91 Å². The van der Waals surface area contributed by atoms with Crippen LogP contribution in [-0.2, 0) is 0 Å². The zero-order chi connectivity index (χ0) is 19.7. The van der Waals surface area contributed by atoms with Crippen molar-refractivity contribution in [1.29, 1.82) is 0 Å². The van der Waals surface area contributed by atoms with Gasteiger partial charge in [-0.05, 0) is 31.0 Å². The maximum absolute atomic E-state index is 12.6. The van der Waals surface area contributed by atoms with E-state index in [0.717, 1.165) is 5.56 Å². The van der Waals surface area contributed by atoms with Crippen molar-refractivity contribution in [1.82, 2.24) is 20.6 Å². The van der Waals surface area contributed by atoms with Crippen LogP contribution in [0.15, 0.2) is 33.3 Å². The third-order valence-electron chi connectivity index (χ3n) is 4.33. The number of amides is 1. The summed E-state index contributed by atoms with van der Waals surface area (Å²) in [5, 5.41) is 10.6. The third-order valence-corrected chi connectivity index (χ3v) is 4.33. The van der Waals surface area contributed by atoms with Crippen LogP contribution in [0.1, 0.15) is 42.1 Å². The molecule has 1 N–H and O–H groups in total. The summed E-state index contributed by atoms with van der Waals surface area (Å²) in [6.07, 6.45) is 0. The second-order valence-corrected chi connectivity index (χ2v) is 6.81. The molecule has 0 saturated heterocycles. The van der Waals surface area contributed by atoms with Crippen molar-refractivity contribution in [3.8, 4) is 22.8 Å². The van der Waals surface area contributed by atoms with Gasteiger partial charge in [-0.1, -0.05) is 24.2 Å². The number of ether oxygens (including phenoxy) is 2. The normalized spacial score (nSPS) is 14.1. The van der Waals surface area contributed by atoms with E-state index in [4.69, 9.17) is 18.5 Å². The SMILES string of the molecule is Cc1noc(C(NC(=O)c2cc(-c3ccc4c(c3)OCCO4)on2)C(C)C)n1. The highest BCUT2D eigenvalue weighted by molar-refractivity contribution is 5.93. The zero-order valence-electron chi connectivity index (χ0n) is 15.8. The van der Waals surface area contributed by atoms with Crippen LogP contribution in [0.4, 0.5) is 0 Å². The van der Waals surface area contributed by atoms with E-state index >= 15 is 0 Å². The Labute approximate surface area is 161 Å². The molecule has 0 radical (unpaired) electrons. The highest BCUT2D eigenvalue weighted by atomic mass is 16.6. The molecule has 0 saturated carbocycles. The van der Waals surface area contributed by atoms with E-state index < -0.39 is 6.04 Å². The van der Waals surface area contributed by atoms with Crippen molar-refractivity contribution < 1.29 is 23.3 Å². The van der Waals surface area contributed by atoms with E-state index in [0.29, 0.717) is 42.2 Å². The highest BCUT2D eigenvalue weighted by Crippen LogP contribution is 2.34. The molecule has 2 aromatic heterocycles. The number of carbonyl (C=O) groups excluding carboxylic acids is 1. The van der Waals surface area contributed by atoms with Crippen LogP contribution in [0, 0.1) is 12.8 Å². The van der Waals surface area contributed by atoms with Crippen LogP contribution >= 0.6 is 0 Å². The van der Waals surface area contributed by atoms with Crippen LogP contribution in [0.2, 0.25) is 0 Å². The van der Waals surface area contributed by atoms with Crippen molar-refractivity contribution in [2.45, 2.75) is 26.8 Å². The lowest BCUT2D eigenvalue weighted by Crippen LogP contribution is -2.32. The number of nitrogens with one attached hydrogen (secondary N) is 1. The van der Waals surface area contributed by atoms with Crippen molar-refractivity contribution in [2.75, 3.05) is 13.2 Å². The lowest BCUT2D eigenvalue weighted by molar-refractivity contribution is 0.0904. The molecule has 1 aliphatic rings.